The van der Waals surface area contributed by atoms with E-state index in [4.69, 9.17) is 17.0 Å². The molecule has 2 fully saturated rings. The van der Waals surface area contributed by atoms with Gasteiger partial charge in [-0.25, -0.2) is 0 Å². The van der Waals surface area contributed by atoms with Crippen molar-refractivity contribution in [3.63, 3.8) is 0 Å². The quantitative estimate of drug-likeness (QED) is 0.639. The molecule has 1 aromatic rings. The van der Waals surface area contributed by atoms with Crippen molar-refractivity contribution in [1.29, 1.82) is 0 Å². The van der Waals surface area contributed by atoms with Crippen LogP contribution in [0.15, 0.2) is 24.5 Å². The Bertz CT molecular complexity index is 681. The van der Waals surface area contributed by atoms with Gasteiger partial charge in [0, 0.05) is 25.5 Å². The summed E-state index contributed by atoms with van der Waals surface area (Å²) in [7, 11) is 1.84. The zero-order valence-corrected chi connectivity index (χ0v) is 16.1. The number of carbonyl (C=O) groups is 2. The molecule has 140 valence electrons. The van der Waals surface area contributed by atoms with Crippen molar-refractivity contribution >= 4 is 29.0 Å². The van der Waals surface area contributed by atoms with Crippen LogP contribution in [0.5, 0.6) is 0 Å². The Morgan fingerprint density at radius 1 is 1.38 bits per heavy atom. The third-order valence-electron chi connectivity index (χ3n) is 5.76. The minimum absolute atomic E-state index is 0.0337. The Hall–Kier alpha value is -1.86. The molecule has 0 bridgehead atoms. The van der Waals surface area contributed by atoms with Gasteiger partial charge in [-0.3, -0.25) is 19.5 Å². The molecular weight excluding hydrogens is 350 g/mol. The predicted octanol–water partition coefficient (Wildman–Crippen LogP) is 1.83. The van der Waals surface area contributed by atoms with E-state index in [1.165, 1.54) is 4.90 Å². The summed E-state index contributed by atoms with van der Waals surface area (Å²) < 4.78 is 5.08. The third-order valence-corrected chi connectivity index (χ3v) is 6.32. The number of hydrogen-bond acceptors (Lipinski definition) is 5. The molecule has 3 rings (SSSR count). The van der Waals surface area contributed by atoms with Crippen LogP contribution < -0.4 is 5.32 Å². The summed E-state index contributed by atoms with van der Waals surface area (Å²) >= 11 is 5.77. The lowest BCUT2D eigenvalue weighted by Crippen LogP contribution is -2.60. The van der Waals surface area contributed by atoms with Gasteiger partial charge in [0.25, 0.3) is 11.8 Å². The zero-order valence-electron chi connectivity index (χ0n) is 15.2. The lowest BCUT2D eigenvalue weighted by Gasteiger charge is -2.49. The lowest BCUT2D eigenvalue weighted by molar-refractivity contribution is -0.163. The van der Waals surface area contributed by atoms with Gasteiger partial charge in [0.15, 0.2) is 0 Å². The van der Waals surface area contributed by atoms with Crippen molar-refractivity contribution in [2.75, 3.05) is 20.3 Å². The van der Waals surface area contributed by atoms with Crippen LogP contribution in [0.3, 0.4) is 0 Å². The van der Waals surface area contributed by atoms with E-state index >= 15 is 0 Å². The Balaban J connectivity index is 2.05. The van der Waals surface area contributed by atoms with E-state index < -0.39 is 5.41 Å². The first-order valence-corrected chi connectivity index (χ1v) is 9.48. The van der Waals surface area contributed by atoms with Crippen LogP contribution in [-0.2, 0) is 19.7 Å². The Morgan fingerprint density at radius 2 is 2.12 bits per heavy atom. The van der Waals surface area contributed by atoms with E-state index in [0.717, 1.165) is 36.2 Å². The number of amides is 2. The number of ether oxygens (including phenoxy) is 1. The highest BCUT2D eigenvalue weighted by Crippen LogP contribution is 2.47. The number of imide groups is 1. The molecule has 1 saturated carbocycles. The monoisotopic (exact) mass is 375 g/mol. The van der Waals surface area contributed by atoms with E-state index in [1.54, 1.807) is 6.20 Å². The topological polar surface area (TPSA) is 71.5 Å². The molecule has 3 atom stereocenters. The standard InChI is InChI=1S/C19H25N3O3S/c1-13(22-16(23)11-25-12-17(22)24)15-7-3-4-8-19(15,18(26)20-2)14-6-5-9-21-10-14/h5-6,9-10,13,15H,3-4,7-8,11-12H2,1-2H3,(H,20,26)/t13?,15-,19-/m1/s1. The molecule has 2 aliphatic rings. The second-order valence-electron chi connectivity index (χ2n) is 7.04. The minimum atomic E-state index is -0.436. The highest BCUT2D eigenvalue weighted by molar-refractivity contribution is 7.80. The van der Waals surface area contributed by atoms with Crippen molar-refractivity contribution in [3.8, 4) is 0 Å². The smallest absolute Gasteiger partial charge is 0.255 e. The summed E-state index contributed by atoms with van der Waals surface area (Å²) in [5, 5.41) is 3.17. The highest BCUT2D eigenvalue weighted by atomic mass is 32.1. The van der Waals surface area contributed by atoms with Crippen LogP contribution in [0, 0.1) is 5.92 Å². The molecule has 2 amide bonds. The van der Waals surface area contributed by atoms with E-state index in [1.807, 2.05) is 32.3 Å². The fraction of sp³-hybridized carbons (Fsp3) is 0.579. The van der Waals surface area contributed by atoms with Crippen LogP contribution in [0.1, 0.15) is 38.2 Å². The minimum Gasteiger partial charge on any atom is -0.382 e. The first kappa shape index (κ1) is 18.9. The van der Waals surface area contributed by atoms with Gasteiger partial charge in [-0.1, -0.05) is 31.1 Å². The molecule has 26 heavy (non-hydrogen) atoms. The largest absolute Gasteiger partial charge is 0.382 e. The summed E-state index contributed by atoms with van der Waals surface area (Å²) in [5.41, 5.74) is 0.610. The second kappa shape index (κ2) is 7.80. The summed E-state index contributed by atoms with van der Waals surface area (Å²) in [6.07, 6.45) is 7.48. The molecular formula is C19H25N3O3S. The maximum absolute atomic E-state index is 12.4. The number of aromatic nitrogens is 1. The number of morpholine rings is 1. The molecule has 1 N–H and O–H groups in total. The number of nitrogens with one attached hydrogen (secondary N) is 1. The number of nitrogens with zero attached hydrogens (tertiary/aromatic N) is 2. The average molecular weight is 375 g/mol. The Kier molecular flexibility index (Phi) is 5.67. The molecule has 6 nitrogen and oxygen atoms in total. The van der Waals surface area contributed by atoms with E-state index in [0.29, 0.717) is 0 Å². The van der Waals surface area contributed by atoms with Gasteiger partial charge in [-0.15, -0.1) is 0 Å². The van der Waals surface area contributed by atoms with Crippen molar-refractivity contribution in [2.45, 2.75) is 44.1 Å². The zero-order chi connectivity index (χ0) is 18.7. The summed E-state index contributed by atoms with van der Waals surface area (Å²) in [6.45, 7) is 1.87. The van der Waals surface area contributed by atoms with Crippen LogP contribution >= 0.6 is 12.2 Å². The van der Waals surface area contributed by atoms with Crippen molar-refractivity contribution < 1.29 is 14.3 Å². The van der Waals surface area contributed by atoms with Gasteiger partial charge in [-0.05, 0) is 37.3 Å². The van der Waals surface area contributed by atoms with Gasteiger partial charge in [0.05, 0.1) is 10.4 Å². The predicted molar refractivity (Wildman–Crippen MR) is 102 cm³/mol. The van der Waals surface area contributed by atoms with Crippen molar-refractivity contribution in [3.05, 3.63) is 30.1 Å². The van der Waals surface area contributed by atoms with Crippen LogP contribution in [-0.4, -0.2) is 53.0 Å². The first-order chi connectivity index (χ1) is 12.5. The second-order valence-corrected chi connectivity index (χ2v) is 7.44. The summed E-state index contributed by atoms with van der Waals surface area (Å²) in [6, 6.07) is 3.70. The Labute approximate surface area is 159 Å². The van der Waals surface area contributed by atoms with E-state index in [-0.39, 0.29) is 37.0 Å². The SMILES string of the molecule is CNC(=S)[C@@]1(c2cccnc2)CCCC[C@@H]1C(C)N1C(=O)COCC1=O. The number of thiocarbonyl (C=S) groups is 1. The number of hydrogen-bond donors (Lipinski definition) is 1. The summed E-state index contributed by atoms with van der Waals surface area (Å²) in [5.74, 6) is -0.504. The maximum Gasteiger partial charge on any atom is 0.255 e. The van der Waals surface area contributed by atoms with Crippen LogP contribution in [0.2, 0.25) is 0 Å². The van der Waals surface area contributed by atoms with E-state index in [9.17, 15) is 9.59 Å². The normalized spacial score (nSPS) is 27.9. The number of rotatable bonds is 4. The van der Waals surface area contributed by atoms with Crippen LogP contribution in [0.4, 0.5) is 0 Å². The molecule has 1 saturated heterocycles. The summed E-state index contributed by atoms with van der Waals surface area (Å²) in [4.78, 5) is 31.2. The fourth-order valence-corrected chi connectivity index (χ4v) is 4.98. The van der Waals surface area contributed by atoms with Gasteiger partial charge in [0.2, 0.25) is 0 Å². The maximum atomic E-state index is 12.4. The molecule has 0 radical (unpaired) electrons. The molecule has 1 aliphatic carbocycles. The molecule has 1 aliphatic heterocycles. The number of pyridine rings is 1. The highest BCUT2D eigenvalue weighted by Gasteiger charge is 2.50. The van der Waals surface area contributed by atoms with Crippen molar-refractivity contribution in [1.82, 2.24) is 15.2 Å². The average Bonchev–Trinajstić information content (AvgIpc) is 2.67. The third kappa shape index (κ3) is 3.14. The fourth-order valence-electron chi connectivity index (χ4n) is 4.61. The van der Waals surface area contributed by atoms with Crippen LogP contribution in [0.25, 0.3) is 0 Å². The van der Waals surface area contributed by atoms with E-state index in [2.05, 4.69) is 10.3 Å². The number of likely N-dealkylation sites (N-methyl/N-ethyl adjacent to an activating group) is 1. The molecule has 2 heterocycles. The van der Waals surface area contributed by atoms with Gasteiger partial charge < -0.3 is 10.1 Å². The molecule has 1 aromatic heterocycles. The lowest BCUT2D eigenvalue weighted by atomic mass is 9.60. The molecule has 0 spiro atoms. The molecule has 7 heteroatoms. The van der Waals surface area contributed by atoms with Gasteiger partial charge >= 0.3 is 0 Å². The molecule has 0 aromatic carbocycles. The number of carbonyl (C=O) groups excluding carboxylic acids is 2. The van der Waals surface area contributed by atoms with Gasteiger partial charge in [-0.2, -0.15) is 0 Å². The van der Waals surface area contributed by atoms with Gasteiger partial charge in [0.1, 0.15) is 13.2 Å². The van der Waals surface area contributed by atoms with Crippen molar-refractivity contribution in [2.24, 2.45) is 5.92 Å². The first-order valence-electron chi connectivity index (χ1n) is 9.07. The molecule has 1 unspecified atom stereocenters. The Morgan fingerprint density at radius 3 is 2.73 bits per heavy atom.